The number of benzene rings is 1. The van der Waals surface area contributed by atoms with Crippen LogP contribution in [0.5, 0.6) is 0 Å². The van der Waals surface area contributed by atoms with E-state index < -0.39 is 0 Å². The van der Waals surface area contributed by atoms with Crippen molar-refractivity contribution in [3.05, 3.63) is 39.9 Å². The first-order chi connectivity index (χ1) is 8.18. The topological polar surface area (TPSA) is 46.4 Å². The Hall–Kier alpha value is -1.42. The van der Waals surface area contributed by atoms with E-state index in [1.54, 1.807) is 12.1 Å². The molecule has 1 atom stereocenters. The molecule has 0 N–H and O–H groups in total. The van der Waals surface area contributed by atoms with Crippen LogP contribution in [0.1, 0.15) is 31.7 Å². The lowest BCUT2D eigenvalue weighted by atomic mass is 10.0. The van der Waals surface area contributed by atoms with Gasteiger partial charge in [0.1, 0.15) is 0 Å². The number of hydrogen-bond donors (Lipinski definition) is 0. The van der Waals surface area contributed by atoms with Crippen LogP contribution < -0.4 is 0 Å². The highest BCUT2D eigenvalue weighted by atomic mass is 16.6. The van der Waals surface area contributed by atoms with Crippen LogP contribution in [0, 0.1) is 10.1 Å². The Morgan fingerprint density at radius 3 is 2.88 bits per heavy atom. The molecule has 2 rings (SSSR count). The van der Waals surface area contributed by atoms with Gasteiger partial charge in [-0.2, -0.15) is 0 Å². The molecule has 1 aliphatic heterocycles. The summed E-state index contributed by atoms with van der Waals surface area (Å²) in [7, 11) is 0. The first kappa shape index (κ1) is 12.0. The number of nitro groups is 1. The zero-order valence-electron chi connectivity index (χ0n) is 10.1. The third kappa shape index (κ3) is 2.82. The molecule has 1 aromatic rings. The fraction of sp³-hybridized carbons (Fsp3) is 0.538. The molecule has 1 aromatic carbocycles. The molecule has 0 amide bonds. The van der Waals surface area contributed by atoms with Crippen LogP contribution in [-0.4, -0.2) is 22.4 Å². The average Bonchev–Trinajstić information content (AvgIpc) is 2.32. The summed E-state index contributed by atoms with van der Waals surface area (Å²) < 4.78 is 0. The predicted octanol–water partition coefficient (Wildman–Crippen LogP) is 2.97. The number of hydrogen-bond acceptors (Lipinski definition) is 3. The highest BCUT2D eigenvalue weighted by Gasteiger charge is 2.21. The van der Waals surface area contributed by atoms with Crippen molar-refractivity contribution in [1.29, 1.82) is 0 Å². The van der Waals surface area contributed by atoms with Gasteiger partial charge < -0.3 is 0 Å². The van der Waals surface area contributed by atoms with Gasteiger partial charge in [-0.3, -0.25) is 15.0 Å². The lowest BCUT2D eigenvalue weighted by Gasteiger charge is -2.33. The molecule has 1 saturated heterocycles. The average molecular weight is 234 g/mol. The van der Waals surface area contributed by atoms with Gasteiger partial charge in [-0.25, -0.2) is 0 Å². The molecule has 0 spiro atoms. The van der Waals surface area contributed by atoms with Gasteiger partial charge in [0.05, 0.1) is 4.92 Å². The monoisotopic (exact) mass is 234 g/mol. The molecule has 0 radical (unpaired) electrons. The first-order valence-corrected chi connectivity index (χ1v) is 6.15. The van der Waals surface area contributed by atoms with Gasteiger partial charge in [-0.1, -0.05) is 24.6 Å². The Balaban J connectivity index is 2.14. The summed E-state index contributed by atoms with van der Waals surface area (Å²) in [5.74, 6) is 0. The third-order valence-corrected chi connectivity index (χ3v) is 3.50. The molecule has 4 heteroatoms. The number of rotatable bonds is 3. The number of para-hydroxylation sites is 1. The maximum Gasteiger partial charge on any atom is 0.273 e. The van der Waals surface area contributed by atoms with Crippen LogP contribution in [0.25, 0.3) is 0 Å². The minimum absolute atomic E-state index is 0.241. The minimum atomic E-state index is -0.288. The van der Waals surface area contributed by atoms with Crippen LogP contribution in [0.15, 0.2) is 24.3 Å². The predicted molar refractivity (Wildman–Crippen MR) is 66.8 cm³/mol. The fourth-order valence-electron chi connectivity index (χ4n) is 2.43. The smallest absolute Gasteiger partial charge is 0.273 e. The van der Waals surface area contributed by atoms with Gasteiger partial charge in [0.25, 0.3) is 5.69 Å². The van der Waals surface area contributed by atoms with Crippen molar-refractivity contribution < 1.29 is 4.92 Å². The van der Waals surface area contributed by atoms with Crippen molar-refractivity contribution >= 4 is 5.69 Å². The standard InChI is InChI=1S/C13H18N2O2/c1-11-6-4-5-9-14(11)10-12-7-2-3-8-13(12)15(16)17/h2-3,7-8,11H,4-6,9-10H2,1H3/t11-/m0/s1. The van der Waals surface area contributed by atoms with Crippen molar-refractivity contribution in [1.82, 2.24) is 4.90 Å². The second-order valence-electron chi connectivity index (χ2n) is 4.70. The minimum Gasteiger partial charge on any atom is -0.296 e. The van der Waals surface area contributed by atoms with Gasteiger partial charge in [0.2, 0.25) is 0 Å². The maximum absolute atomic E-state index is 10.9. The molecule has 0 unspecified atom stereocenters. The van der Waals surface area contributed by atoms with E-state index in [9.17, 15) is 10.1 Å². The summed E-state index contributed by atoms with van der Waals surface area (Å²) in [5, 5.41) is 10.9. The highest BCUT2D eigenvalue weighted by Crippen LogP contribution is 2.24. The number of nitro benzene ring substituents is 1. The van der Waals surface area contributed by atoms with Crippen LogP contribution >= 0.6 is 0 Å². The molecule has 0 bridgehead atoms. The number of likely N-dealkylation sites (tertiary alicyclic amines) is 1. The summed E-state index contributed by atoms with van der Waals surface area (Å²) in [6, 6.07) is 7.57. The lowest BCUT2D eigenvalue weighted by Crippen LogP contribution is -2.36. The Morgan fingerprint density at radius 2 is 2.18 bits per heavy atom. The summed E-state index contributed by atoms with van der Waals surface area (Å²) >= 11 is 0. The SMILES string of the molecule is C[C@H]1CCCCN1Cc1ccccc1[N+](=O)[O-]. The van der Waals surface area contributed by atoms with Gasteiger partial charge in [0.15, 0.2) is 0 Å². The van der Waals surface area contributed by atoms with E-state index in [1.807, 2.05) is 12.1 Å². The van der Waals surface area contributed by atoms with E-state index in [1.165, 1.54) is 19.3 Å². The summed E-state index contributed by atoms with van der Waals surface area (Å²) in [6.07, 6.45) is 3.67. The van der Waals surface area contributed by atoms with Crippen LogP contribution in [0.3, 0.4) is 0 Å². The Labute approximate surface area is 101 Å². The second kappa shape index (κ2) is 5.27. The van der Waals surface area contributed by atoms with Crippen molar-refractivity contribution in [2.24, 2.45) is 0 Å². The largest absolute Gasteiger partial charge is 0.296 e. The number of piperidine rings is 1. The zero-order valence-corrected chi connectivity index (χ0v) is 10.1. The maximum atomic E-state index is 10.9. The van der Waals surface area contributed by atoms with Crippen molar-refractivity contribution in [2.75, 3.05) is 6.54 Å². The molecule has 92 valence electrons. The Morgan fingerprint density at radius 1 is 1.41 bits per heavy atom. The van der Waals surface area contributed by atoms with E-state index >= 15 is 0 Å². The van der Waals surface area contributed by atoms with E-state index in [-0.39, 0.29) is 10.6 Å². The van der Waals surface area contributed by atoms with Gasteiger partial charge in [-0.15, -0.1) is 0 Å². The molecule has 0 aliphatic carbocycles. The van der Waals surface area contributed by atoms with E-state index in [0.29, 0.717) is 12.6 Å². The van der Waals surface area contributed by atoms with Crippen molar-refractivity contribution in [2.45, 2.75) is 38.8 Å². The second-order valence-corrected chi connectivity index (χ2v) is 4.70. The Bertz CT molecular complexity index is 406. The van der Waals surface area contributed by atoms with Crippen LogP contribution in [0.2, 0.25) is 0 Å². The molecule has 0 saturated carbocycles. The number of nitrogens with zero attached hydrogens (tertiary/aromatic N) is 2. The van der Waals surface area contributed by atoms with Crippen LogP contribution in [-0.2, 0) is 6.54 Å². The summed E-state index contributed by atoms with van der Waals surface area (Å²) in [4.78, 5) is 13.0. The van der Waals surface area contributed by atoms with E-state index in [0.717, 1.165) is 12.1 Å². The van der Waals surface area contributed by atoms with Crippen molar-refractivity contribution in [3.63, 3.8) is 0 Å². The van der Waals surface area contributed by atoms with Crippen molar-refractivity contribution in [3.8, 4) is 0 Å². The summed E-state index contributed by atoms with van der Waals surface area (Å²) in [6.45, 7) is 3.94. The molecule has 1 heterocycles. The highest BCUT2D eigenvalue weighted by molar-refractivity contribution is 5.39. The Kier molecular flexibility index (Phi) is 3.74. The molecule has 4 nitrogen and oxygen atoms in total. The normalized spacial score (nSPS) is 21.4. The van der Waals surface area contributed by atoms with Gasteiger partial charge in [0, 0.05) is 24.2 Å². The van der Waals surface area contributed by atoms with E-state index in [2.05, 4.69) is 11.8 Å². The van der Waals surface area contributed by atoms with Crippen LogP contribution in [0.4, 0.5) is 5.69 Å². The quantitative estimate of drug-likeness (QED) is 0.596. The zero-order chi connectivity index (χ0) is 12.3. The first-order valence-electron chi connectivity index (χ1n) is 6.15. The van der Waals surface area contributed by atoms with Gasteiger partial charge in [-0.05, 0) is 26.3 Å². The molecule has 1 fully saturated rings. The molecule has 1 aliphatic rings. The van der Waals surface area contributed by atoms with Gasteiger partial charge >= 0.3 is 0 Å². The summed E-state index contributed by atoms with van der Waals surface area (Å²) in [5.41, 5.74) is 1.07. The molecular weight excluding hydrogens is 216 g/mol. The molecule has 17 heavy (non-hydrogen) atoms. The third-order valence-electron chi connectivity index (χ3n) is 3.50. The van der Waals surface area contributed by atoms with E-state index in [4.69, 9.17) is 0 Å². The lowest BCUT2D eigenvalue weighted by molar-refractivity contribution is -0.385. The fourth-order valence-corrected chi connectivity index (χ4v) is 2.43. The molecular formula is C13H18N2O2. The molecule has 0 aromatic heterocycles.